The minimum Gasteiger partial charge on any atom is -0.481 e. The molecular formula is C16H28N2O3. The van der Waals surface area contributed by atoms with Crippen molar-refractivity contribution in [2.75, 3.05) is 6.54 Å². The summed E-state index contributed by atoms with van der Waals surface area (Å²) in [4.78, 5) is 22.5. The van der Waals surface area contributed by atoms with Crippen LogP contribution in [0.2, 0.25) is 0 Å². The van der Waals surface area contributed by atoms with Crippen molar-refractivity contribution in [3.63, 3.8) is 0 Å². The molecule has 5 nitrogen and oxygen atoms in total. The molecule has 5 heteroatoms. The van der Waals surface area contributed by atoms with Gasteiger partial charge >= 0.3 is 5.97 Å². The van der Waals surface area contributed by atoms with E-state index in [-0.39, 0.29) is 18.4 Å². The number of carboxylic acid groups (broad SMARTS) is 1. The maximum atomic E-state index is 12.1. The molecule has 2 fully saturated rings. The van der Waals surface area contributed by atoms with E-state index in [1.807, 2.05) is 0 Å². The summed E-state index contributed by atoms with van der Waals surface area (Å²) in [5.74, 6) is 0.123. The van der Waals surface area contributed by atoms with Crippen molar-refractivity contribution in [3.05, 3.63) is 0 Å². The molecule has 2 rings (SSSR count). The topological polar surface area (TPSA) is 78.4 Å². The van der Waals surface area contributed by atoms with E-state index < -0.39 is 5.97 Å². The van der Waals surface area contributed by atoms with Crippen LogP contribution in [0.15, 0.2) is 0 Å². The van der Waals surface area contributed by atoms with Gasteiger partial charge in [0.25, 0.3) is 0 Å². The van der Waals surface area contributed by atoms with Crippen molar-refractivity contribution >= 4 is 11.9 Å². The Balaban J connectivity index is 1.53. The molecule has 21 heavy (non-hydrogen) atoms. The van der Waals surface area contributed by atoms with Gasteiger partial charge in [-0.05, 0) is 38.0 Å². The van der Waals surface area contributed by atoms with Crippen LogP contribution in [0.5, 0.6) is 0 Å². The third-order valence-electron chi connectivity index (χ3n) is 4.80. The SMILES string of the molecule is O=C(O)CCCCCCNC(=O)C1CC2CCCCC2N1. The zero-order valence-corrected chi connectivity index (χ0v) is 12.8. The van der Waals surface area contributed by atoms with Crippen molar-refractivity contribution in [3.8, 4) is 0 Å². The van der Waals surface area contributed by atoms with E-state index in [2.05, 4.69) is 10.6 Å². The lowest BCUT2D eigenvalue weighted by Gasteiger charge is -2.24. The van der Waals surface area contributed by atoms with Crippen molar-refractivity contribution in [1.82, 2.24) is 10.6 Å². The first-order chi connectivity index (χ1) is 10.2. The summed E-state index contributed by atoms with van der Waals surface area (Å²) in [6, 6.07) is 0.565. The molecule has 0 aromatic heterocycles. The molecule has 0 aromatic carbocycles. The molecule has 1 saturated heterocycles. The lowest BCUT2D eigenvalue weighted by molar-refractivity contribution is -0.137. The molecule has 0 radical (unpaired) electrons. The smallest absolute Gasteiger partial charge is 0.303 e. The molecule has 1 saturated carbocycles. The second-order valence-corrected chi connectivity index (χ2v) is 6.45. The van der Waals surface area contributed by atoms with Crippen LogP contribution in [0, 0.1) is 5.92 Å². The highest BCUT2D eigenvalue weighted by atomic mass is 16.4. The molecule has 3 N–H and O–H groups in total. The van der Waals surface area contributed by atoms with E-state index in [1.54, 1.807) is 0 Å². The summed E-state index contributed by atoms with van der Waals surface area (Å²) < 4.78 is 0. The van der Waals surface area contributed by atoms with Gasteiger partial charge < -0.3 is 15.7 Å². The number of aliphatic carboxylic acids is 1. The fourth-order valence-electron chi connectivity index (χ4n) is 3.61. The van der Waals surface area contributed by atoms with E-state index >= 15 is 0 Å². The monoisotopic (exact) mass is 296 g/mol. The van der Waals surface area contributed by atoms with Crippen LogP contribution >= 0.6 is 0 Å². The second kappa shape index (κ2) is 8.37. The average molecular weight is 296 g/mol. The molecule has 1 amide bonds. The minimum atomic E-state index is -0.725. The highest BCUT2D eigenvalue weighted by molar-refractivity contribution is 5.82. The summed E-state index contributed by atoms with van der Waals surface area (Å²) in [5.41, 5.74) is 0. The summed E-state index contributed by atoms with van der Waals surface area (Å²) in [6.07, 6.45) is 9.92. The standard InChI is InChI=1S/C16H28N2O3/c19-15(20)9-3-1-2-6-10-17-16(21)14-11-12-7-4-5-8-13(12)18-14/h12-14,18H,1-11H2,(H,17,21)(H,19,20). The molecule has 120 valence electrons. The lowest BCUT2D eigenvalue weighted by atomic mass is 9.85. The van der Waals surface area contributed by atoms with Crippen molar-refractivity contribution in [1.29, 1.82) is 0 Å². The molecule has 0 spiro atoms. The third kappa shape index (κ3) is 5.30. The van der Waals surface area contributed by atoms with E-state index in [4.69, 9.17) is 5.11 Å². The van der Waals surface area contributed by atoms with Gasteiger partial charge in [-0.3, -0.25) is 9.59 Å². The van der Waals surface area contributed by atoms with Gasteiger partial charge in [-0.1, -0.05) is 25.7 Å². The Morgan fingerprint density at radius 1 is 1.10 bits per heavy atom. The molecule has 0 bridgehead atoms. The minimum absolute atomic E-state index is 0.00473. The van der Waals surface area contributed by atoms with Crippen molar-refractivity contribution in [2.24, 2.45) is 5.92 Å². The maximum Gasteiger partial charge on any atom is 0.303 e. The predicted molar refractivity (Wildman–Crippen MR) is 81.0 cm³/mol. The Morgan fingerprint density at radius 2 is 1.86 bits per heavy atom. The Bertz CT molecular complexity index is 345. The number of carboxylic acids is 1. The fraction of sp³-hybridized carbons (Fsp3) is 0.875. The molecular weight excluding hydrogens is 268 g/mol. The first-order valence-corrected chi connectivity index (χ1v) is 8.42. The van der Waals surface area contributed by atoms with Gasteiger partial charge in [0.05, 0.1) is 6.04 Å². The number of hydrogen-bond donors (Lipinski definition) is 3. The average Bonchev–Trinajstić information content (AvgIpc) is 2.89. The normalized spacial score (nSPS) is 28.1. The Morgan fingerprint density at radius 3 is 2.62 bits per heavy atom. The van der Waals surface area contributed by atoms with E-state index in [0.29, 0.717) is 18.5 Å². The maximum absolute atomic E-state index is 12.1. The summed E-state index contributed by atoms with van der Waals surface area (Å²) in [5, 5.41) is 15.0. The zero-order valence-electron chi connectivity index (χ0n) is 12.8. The number of fused-ring (bicyclic) bond motifs is 1. The summed E-state index contributed by atoms with van der Waals surface area (Å²) in [6.45, 7) is 0.708. The second-order valence-electron chi connectivity index (χ2n) is 6.45. The Kier molecular flexibility index (Phi) is 6.49. The molecule has 1 heterocycles. The predicted octanol–water partition coefficient (Wildman–Crippen LogP) is 2.06. The number of carbonyl (C=O) groups excluding carboxylic acids is 1. The number of unbranched alkanes of at least 4 members (excludes halogenated alkanes) is 3. The largest absolute Gasteiger partial charge is 0.481 e. The van der Waals surface area contributed by atoms with Crippen LogP contribution in [-0.4, -0.2) is 35.6 Å². The highest BCUT2D eigenvalue weighted by Gasteiger charge is 2.37. The molecule has 3 unspecified atom stereocenters. The number of hydrogen-bond acceptors (Lipinski definition) is 3. The Labute approximate surface area is 126 Å². The van der Waals surface area contributed by atoms with Crippen molar-refractivity contribution < 1.29 is 14.7 Å². The van der Waals surface area contributed by atoms with Gasteiger partial charge in [0.15, 0.2) is 0 Å². The number of nitrogens with one attached hydrogen (secondary N) is 2. The van der Waals surface area contributed by atoms with Gasteiger partial charge in [-0.25, -0.2) is 0 Å². The Hall–Kier alpha value is -1.10. The van der Waals surface area contributed by atoms with E-state index in [1.165, 1.54) is 25.7 Å². The highest BCUT2D eigenvalue weighted by Crippen LogP contribution is 2.33. The van der Waals surface area contributed by atoms with Crippen LogP contribution in [0.4, 0.5) is 0 Å². The first kappa shape index (κ1) is 16.3. The van der Waals surface area contributed by atoms with E-state index in [0.717, 1.165) is 32.1 Å². The first-order valence-electron chi connectivity index (χ1n) is 8.42. The van der Waals surface area contributed by atoms with Crippen LogP contribution in [-0.2, 0) is 9.59 Å². The van der Waals surface area contributed by atoms with Gasteiger partial charge in [-0.2, -0.15) is 0 Å². The lowest BCUT2D eigenvalue weighted by Crippen LogP contribution is -2.43. The molecule has 2 aliphatic rings. The molecule has 3 atom stereocenters. The molecule has 0 aromatic rings. The van der Waals surface area contributed by atoms with Crippen LogP contribution in [0.25, 0.3) is 0 Å². The number of rotatable bonds is 8. The van der Waals surface area contributed by atoms with Gasteiger partial charge in [0, 0.05) is 19.0 Å². The third-order valence-corrected chi connectivity index (χ3v) is 4.80. The van der Waals surface area contributed by atoms with Gasteiger partial charge in [-0.15, -0.1) is 0 Å². The molecule has 1 aliphatic heterocycles. The quantitative estimate of drug-likeness (QED) is 0.599. The number of amides is 1. The van der Waals surface area contributed by atoms with Gasteiger partial charge in [0.2, 0.25) is 5.91 Å². The zero-order chi connectivity index (χ0) is 15.1. The van der Waals surface area contributed by atoms with Crippen LogP contribution < -0.4 is 10.6 Å². The van der Waals surface area contributed by atoms with E-state index in [9.17, 15) is 9.59 Å². The van der Waals surface area contributed by atoms with Crippen LogP contribution in [0.1, 0.15) is 64.2 Å². The van der Waals surface area contributed by atoms with Crippen molar-refractivity contribution in [2.45, 2.75) is 76.3 Å². The molecule has 1 aliphatic carbocycles. The van der Waals surface area contributed by atoms with Crippen LogP contribution in [0.3, 0.4) is 0 Å². The summed E-state index contributed by atoms with van der Waals surface area (Å²) in [7, 11) is 0. The fourth-order valence-corrected chi connectivity index (χ4v) is 3.61. The van der Waals surface area contributed by atoms with Gasteiger partial charge in [0.1, 0.15) is 0 Å². The summed E-state index contributed by atoms with van der Waals surface area (Å²) >= 11 is 0. The number of carbonyl (C=O) groups is 2.